The third-order valence-electron chi connectivity index (χ3n) is 8.15. The Morgan fingerprint density at radius 3 is 2.51 bits per heavy atom. The van der Waals surface area contributed by atoms with Crippen molar-refractivity contribution in [3.8, 4) is 0 Å². The van der Waals surface area contributed by atoms with Gasteiger partial charge in [0.05, 0.1) is 0 Å². The molecular weight excluding hydrogens is 554 g/mol. The summed E-state index contributed by atoms with van der Waals surface area (Å²) in [7, 11) is 0. The Bertz CT molecular complexity index is 1260. The van der Waals surface area contributed by atoms with Crippen molar-refractivity contribution in [1.82, 2.24) is 16.0 Å². The number of hydrogen-bond donors (Lipinski definition) is 3. The first-order valence-electron chi connectivity index (χ1n) is 15.8. The van der Waals surface area contributed by atoms with Gasteiger partial charge < -0.3 is 16.0 Å². The van der Waals surface area contributed by atoms with Crippen LogP contribution in [0.25, 0.3) is 10.8 Å². The van der Waals surface area contributed by atoms with Gasteiger partial charge in [0.25, 0.3) is 0 Å². The normalized spacial score (nSPS) is 21.8. The monoisotopic (exact) mass is 603 g/mol. The molecule has 1 unspecified atom stereocenters. The number of thioether (sulfide) groups is 1. The highest BCUT2D eigenvalue weighted by molar-refractivity contribution is 8.02. The Labute approximate surface area is 262 Å². The molecule has 2 amide bonds. The molecule has 232 valence electrons. The van der Waals surface area contributed by atoms with E-state index in [1.807, 2.05) is 12.1 Å². The maximum absolute atomic E-state index is 13.5. The van der Waals surface area contributed by atoms with Gasteiger partial charge in [-0.25, -0.2) is 0 Å². The molecule has 0 spiro atoms. The summed E-state index contributed by atoms with van der Waals surface area (Å²) in [6.07, 6.45) is 15.3. The predicted octanol–water partition coefficient (Wildman–Crippen LogP) is 6.72. The van der Waals surface area contributed by atoms with E-state index < -0.39 is 6.17 Å². The zero-order chi connectivity index (χ0) is 30.9. The first kappa shape index (κ1) is 34.3. The van der Waals surface area contributed by atoms with Crippen molar-refractivity contribution in [2.75, 3.05) is 18.8 Å². The molecule has 43 heavy (non-hydrogen) atoms. The van der Waals surface area contributed by atoms with E-state index in [-0.39, 0.29) is 17.7 Å². The molecule has 0 aromatic heterocycles. The number of Topliss-reactive ketones (excluding diaryl/α,β-unsaturated/α-hetero) is 1. The van der Waals surface area contributed by atoms with E-state index in [2.05, 4.69) is 89.8 Å². The summed E-state index contributed by atoms with van der Waals surface area (Å²) < 4.78 is 0. The average Bonchev–Trinajstić information content (AvgIpc) is 3.07. The number of nitrogens with one attached hydrogen (secondary N) is 3. The van der Waals surface area contributed by atoms with E-state index in [9.17, 15) is 14.4 Å². The standard InChI is InChI=1S/C29H36N2O2S.C7H13NO/c1-3-12-25(19-24-16-11-15-23-14-8-9-17-26(23)24)29(33)31-28(30-21-32)27-20-34-18-10-6-4-5-7-13-22(27)2;1-6(9)7-2-4-8-5-3-7/h6-11,13-17,20-22,25,28H,3-5,12,18-19H2,1-2H3,(H,30,32)(H,31,33);7-8H,2-5H2,1H3/b10-6-,13-7-,27-20+;/t22?,25-,28-;/m1./s1. The van der Waals surface area contributed by atoms with Crippen molar-refractivity contribution < 1.29 is 14.4 Å². The van der Waals surface area contributed by atoms with Crippen LogP contribution in [0, 0.1) is 17.8 Å². The van der Waals surface area contributed by atoms with Crippen molar-refractivity contribution in [3.05, 3.63) is 83.3 Å². The van der Waals surface area contributed by atoms with Crippen LogP contribution < -0.4 is 16.0 Å². The Hall–Kier alpha value is -3.16. The number of carbonyl (C=O) groups is 3. The van der Waals surface area contributed by atoms with Gasteiger partial charge in [0.2, 0.25) is 12.3 Å². The van der Waals surface area contributed by atoms with Gasteiger partial charge in [-0.15, -0.1) is 11.8 Å². The van der Waals surface area contributed by atoms with Crippen LogP contribution in [0.5, 0.6) is 0 Å². The number of rotatable bonds is 10. The SMILES string of the molecule is CC(=O)C1CCNCC1.CCC[C@H](Cc1cccc2ccccc12)C(=O)N[C@@H](NC=O)/C1=C/SC/C=C\CC/C=C\C1C. The van der Waals surface area contributed by atoms with Gasteiger partial charge >= 0.3 is 0 Å². The number of carbonyl (C=O) groups excluding carboxylic acids is 3. The molecule has 2 heterocycles. The molecule has 4 rings (SSSR count). The van der Waals surface area contributed by atoms with Crippen LogP contribution in [0.3, 0.4) is 0 Å². The largest absolute Gasteiger partial charge is 0.335 e. The van der Waals surface area contributed by atoms with E-state index in [4.69, 9.17) is 0 Å². The quantitative estimate of drug-likeness (QED) is 0.159. The summed E-state index contributed by atoms with van der Waals surface area (Å²) in [6, 6.07) is 14.6. The Morgan fingerprint density at radius 2 is 1.79 bits per heavy atom. The van der Waals surface area contributed by atoms with Gasteiger partial charge in [0.15, 0.2) is 0 Å². The molecule has 1 fully saturated rings. The third-order valence-corrected chi connectivity index (χ3v) is 8.98. The van der Waals surface area contributed by atoms with Crippen molar-refractivity contribution in [2.45, 2.75) is 71.9 Å². The van der Waals surface area contributed by atoms with Gasteiger partial charge in [-0.1, -0.05) is 87.0 Å². The minimum Gasteiger partial charge on any atom is -0.335 e. The molecule has 6 nitrogen and oxygen atoms in total. The summed E-state index contributed by atoms with van der Waals surface area (Å²) in [5.41, 5.74) is 2.18. The summed E-state index contributed by atoms with van der Waals surface area (Å²) in [5, 5.41) is 13.7. The molecule has 0 bridgehead atoms. The number of hydrogen-bond acceptors (Lipinski definition) is 5. The molecule has 1 saturated heterocycles. The topological polar surface area (TPSA) is 87.3 Å². The minimum atomic E-state index is -0.534. The van der Waals surface area contributed by atoms with E-state index >= 15 is 0 Å². The first-order chi connectivity index (χ1) is 20.9. The van der Waals surface area contributed by atoms with Crippen LogP contribution in [-0.4, -0.2) is 43.1 Å². The maximum atomic E-state index is 13.5. The number of amides is 2. The van der Waals surface area contributed by atoms with Crippen LogP contribution in [0.1, 0.15) is 64.9 Å². The third kappa shape index (κ3) is 11.5. The van der Waals surface area contributed by atoms with E-state index in [0.717, 1.165) is 62.9 Å². The first-order valence-corrected chi connectivity index (χ1v) is 16.8. The lowest BCUT2D eigenvalue weighted by Gasteiger charge is -2.27. The summed E-state index contributed by atoms with van der Waals surface area (Å²) in [6.45, 7) is 7.94. The lowest BCUT2D eigenvalue weighted by atomic mass is 9.90. The van der Waals surface area contributed by atoms with Gasteiger partial charge in [-0.05, 0) is 91.8 Å². The predicted molar refractivity (Wildman–Crippen MR) is 181 cm³/mol. The zero-order valence-corrected chi connectivity index (χ0v) is 26.8. The molecule has 0 saturated carbocycles. The highest BCUT2D eigenvalue weighted by Crippen LogP contribution is 2.25. The highest BCUT2D eigenvalue weighted by atomic mass is 32.2. The highest BCUT2D eigenvalue weighted by Gasteiger charge is 2.25. The number of benzene rings is 2. The molecule has 2 aromatic carbocycles. The van der Waals surface area contributed by atoms with Crippen LogP contribution in [0.15, 0.2) is 77.7 Å². The average molecular weight is 604 g/mol. The van der Waals surface area contributed by atoms with Gasteiger partial charge in [0.1, 0.15) is 11.9 Å². The van der Waals surface area contributed by atoms with Crippen LogP contribution in [0.2, 0.25) is 0 Å². The summed E-state index contributed by atoms with van der Waals surface area (Å²) >= 11 is 1.69. The number of allylic oxidation sites excluding steroid dienone is 3. The number of ketones is 1. The molecule has 2 aliphatic rings. The molecule has 3 N–H and O–H groups in total. The fourth-order valence-electron chi connectivity index (χ4n) is 5.62. The Kier molecular flexibility index (Phi) is 15.3. The van der Waals surface area contributed by atoms with Crippen molar-refractivity contribution >= 4 is 40.6 Å². The molecule has 0 radical (unpaired) electrons. The fourth-order valence-corrected chi connectivity index (χ4v) is 6.50. The molecule has 0 aliphatic carbocycles. The van der Waals surface area contributed by atoms with Crippen LogP contribution >= 0.6 is 11.8 Å². The Morgan fingerprint density at radius 1 is 1.05 bits per heavy atom. The zero-order valence-electron chi connectivity index (χ0n) is 26.0. The van der Waals surface area contributed by atoms with Crippen molar-refractivity contribution in [1.29, 1.82) is 0 Å². The molecular formula is C36H49N3O3S. The Balaban J connectivity index is 0.000000480. The van der Waals surface area contributed by atoms with Crippen LogP contribution in [0.4, 0.5) is 0 Å². The van der Waals surface area contributed by atoms with Gasteiger partial charge in [-0.2, -0.15) is 0 Å². The molecule has 7 heteroatoms. The summed E-state index contributed by atoms with van der Waals surface area (Å²) in [5.74, 6) is 1.49. The molecule has 3 atom stereocenters. The van der Waals surface area contributed by atoms with E-state index in [0.29, 0.717) is 24.5 Å². The van der Waals surface area contributed by atoms with Gasteiger partial charge in [0, 0.05) is 17.6 Å². The van der Waals surface area contributed by atoms with E-state index in [1.165, 1.54) is 16.3 Å². The lowest BCUT2D eigenvalue weighted by Crippen LogP contribution is -2.49. The second kappa shape index (κ2) is 19.2. The van der Waals surface area contributed by atoms with Gasteiger partial charge in [-0.3, -0.25) is 14.4 Å². The fraction of sp³-hybridized carbons (Fsp3) is 0.472. The van der Waals surface area contributed by atoms with Crippen LogP contribution in [-0.2, 0) is 20.8 Å². The number of fused-ring (bicyclic) bond motifs is 1. The maximum Gasteiger partial charge on any atom is 0.225 e. The number of piperidine rings is 1. The molecule has 2 aromatic rings. The van der Waals surface area contributed by atoms with Crippen molar-refractivity contribution in [3.63, 3.8) is 0 Å². The summed E-state index contributed by atoms with van der Waals surface area (Å²) in [4.78, 5) is 35.8. The lowest BCUT2D eigenvalue weighted by molar-refractivity contribution is -0.126. The van der Waals surface area contributed by atoms with E-state index in [1.54, 1.807) is 18.7 Å². The minimum absolute atomic E-state index is 0.0228. The van der Waals surface area contributed by atoms with Crippen molar-refractivity contribution in [2.24, 2.45) is 17.8 Å². The second-order valence-corrected chi connectivity index (χ2v) is 12.3. The second-order valence-electron chi connectivity index (χ2n) is 11.4. The molecule has 2 aliphatic heterocycles. The smallest absolute Gasteiger partial charge is 0.225 e.